The first kappa shape index (κ1) is 19.9. The fourth-order valence-corrected chi connectivity index (χ4v) is 3.51. The Bertz CT molecular complexity index is 810. The van der Waals surface area contributed by atoms with E-state index in [1.807, 2.05) is 29.2 Å². The second-order valence-corrected chi connectivity index (χ2v) is 6.99. The molecule has 0 spiro atoms. The van der Waals surface area contributed by atoms with E-state index in [4.69, 9.17) is 0 Å². The number of hydrogen-bond donors (Lipinski definition) is 1. The Labute approximate surface area is 166 Å². The molecule has 0 saturated carbocycles. The Morgan fingerprint density at radius 2 is 1.64 bits per heavy atom. The van der Waals surface area contributed by atoms with Gasteiger partial charge >= 0.3 is 0 Å². The summed E-state index contributed by atoms with van der Waals surface area (Å²) >= 11 is 0. The predicted molar refractivity (Wildman–Crippen MR) is 112 cm³/mol. The van der Waals surface area contributed by atoms with Crippen LogP contribution in [0.25, 0.3) is 0 Å². The second kappa shape index (κ2) is 9.35. The SMILES string of the molecule is CCN(CC)c1ccc(NC(=O)c2cncc(C(=O)N3CCCCC3)c2)cc1. The van der Waals surface area contributed by atoms with Gasteiger partial charge in [-0.05, 0) is 63.4 Å². The van der Waals surface area contributed by atoms with Gasteiger partial charge in [0.1, 0.15) is 0 Å². The zero-order chi connectivity index (χ0) is 19.9. The van der Waals surface area contributed by atoms with Crippen molar-refractivity contribution < 1.29 is 9.59 Å². The van der Waals surface area contributed by atoms with Crippen molar-refractivity contribution in [2.75, 3.05) is 36.4 Å². The average molecular weight is 380 g/mol. The monoisotopic (exact) mass is 380 g/mol. The van der Waals surface area contributed by atoms with Crippen LogP contribution < -0.4 is 10.2 Å². The van der Waals surface area contributed by atoms with Crippen LogP contribution in [-0.2, 0) is 0 Å². The minimum absolute atomic E-state index is 0.0505. The molecule has 3 rings (SSSR count). The minimum Gasteiger partial charge on any atom is -0.372 e. The van der Waals surface area contributed by atoms with Crippen molar-refractivity contribution in [1.82, 2.24) is 9.88 Å². The molecule has 0 atom stereocenters. The van der Waals surface area contributed by atoms with Gasteiger partial charge in [0.15, 0.2) is 0 Å². The maximum absolute atomic E-state index is 12.6. The lowest BCUT2D eigenvalue weighted by Gasteiger charge is -2.26. The van der Waals surface area contributed by atoms with E-state index in [-0.39, 0.29) is 11.8 Å². The molecule has 28 heavy (non-hydrogen) atoms. The molecule has 6 nitrogen and oxygen atoms in total. The molecule has 1 N–H and O–H groups in total. The normalized spacial score (nSPS) is 13.9. The molecule has 0 unspecified atom stereocenters. The molecule has 1 aromatic heterocycles. The van der Waals surface area contributed by atoms with Crippen LogP contribution >= 0.6 is 0 Å². The maximum atomic E-state index is 12.6. The quantitative estimate of drug-likeness (QED) is 0.828. The predicted octanol–water partition coefficient (Wildman–Crippen LogP) is 3.81. The number of nitrogens with zero attached hydrogens (tertiary/aromatic N) is 3. The summed E-state index contributed by atoms with van der Waals surface area (Å²) < 4.78 is 0. The number of rotatable bonds is 6. The van der Waals surface area contributed by atoms with Gasteiger partial charge in [-0.25, -0.2) is 0 Å². The van der Waals surface area contributed by atoms with Crippen LogP contribution in [0.3, 0.4) is 0 Å². The van der Waals surface area contributed by atoms with Crippen molar-refractivity contribution in [1.29, 1.82) is 0 Å². The first-order valence-corrected chi connectivity index (χ1v) is 10.0. The van der Waals surface area contributed by atoms with E-state index in [1.54, 1.807) is 6.07 Å². The summed E-state index contributed by atoms with van der Waals surface area (Å²) in [7, 11) is 0. The molecule has 1 aromatic carbocycles. The van der Waals surface area contributed by atoms with Crippen molar-refractivity contribution in [3.63, 3.8) is 0 Å². The van der Waals surface area contributed by atoms with Crippen LogP contribution in [0.1, 0.15) is 53.8 Å². The molecule has 148 valence electrons. The Balaban J connectivity index is 1.68. The number of benzene rings is 1. The van der Waals surface area contributed by atoms with Crippen molar-refractivity contribution in [2.45, 2.75) is 33.1 Å². The zero-order valence-corrected chi connectivity index (χ0v) is 16.6. The fourth-order valence-electron chi connectivity index (χ4n) is 3.51. The van der Waals surface area contributed by atoms with Crippen molar-refractivity contribution in [3.05, 3.63) is 53.9 Å². The molecule has 2 amide bonds. The lowest BCUT2D eigenvalue weighted by atomic mass is 10.1. The third-order valence-electron chi connectivity index (χ3n) is 5.14. The van der Waals surface area contributed by atoms with Gasteiger partial charge in [0, 0.05) is 49.9 Å². The third kappa shape index (κ3) is 4.68. The van der Waals surface area contributed by atoms with Crippen LogP contribution in [0.5, 0.6) is 0 Å². The van der Waals surface area contributed by atoms with Crippen LogP contribution in [0.4, 0.5) is 11.4 Å². The van der Waals surface area contributed by atoms with Gasteiger partial charge < -0.3 is 15.1 Å². The highest BCUT2D eigenvalue weighted by Gasteiger charge is 2.19. The first-order valence-electron chi connectivity index (χ1n) is 10.0. The van der Waals surface area contributed by atoms with Gasteiger partial charge in [0.05, 0.1) is 11.1 Å². The minimum atomic E-state index is -0.267. The van der Waals surface area contributed by atoms with Gasteiger partial charge in [-0.2, -0.15) is 0 Å². The Morgan fingerprint density at radius 3 is 2.29 bits per heavy atom. The third-order valence-corrected chi connectivity index (χ3v) is 5.14. The lowest BCUT2D eigenvalue weighted by Crippen LogP contribution is -2.35. The Hall–Kier alpha value is -2.89. The summed E-state index contributed by atoms with van der Waals surface area (Å²) in [5, 5.41) is 2.88. The number of likely N-dealkylation sites (tertiary alicyclic amines) is 1. The van der Waals surface area contributed by atoms with Gasteiger partial charge in [-0.1, -0.05) is 0 Å². The molecule has 2 aromatic rings. The summed E-state index contributed by atoms with van der Waals surface area (Å²) in [5.74, 6) is -0.318. The van der Waals surface area contributed by atoms with E-state index in [0.717, 1.165) is 51.1 Å². The smallest absolute Gasteiger partial charge is 0.257 e. The van der Waals surface area contributed by atoms with E-state index in [1.165, 1.54) is 12.4 Å². The average Bonchev–Trinajstić information content (AvgIpc) is 2.76. The maximum Gasteiger partial charge on any atom is 0.257 e. The fraction of sp³-hybridized carbons (Fsp3) is 0.409. The van der Waals surface area contributed by atoms with Crippen LogP contribution in [0.15, 0.2) is 42.7 Å². The molecule has 1 fully saturated rings. The van der Waals surface area contributed by atoms with Crippen LogP contribution in [-0.4, -0.2) is 47.9 Å². The standard InChI is InChI=1S/C22H28N4O2/c1-3-25(4-2)20-10-8-19(9-11-20)24-21(27)17-14-18(16-23-15-17)22(28)26-12-6-5-7-13-26/h8-11,14-16H,3-7,12-13H2,1-2H3,(H,24,27). The van der Waals surface area contributed by atoms with Crippen LogP contribution in [0.2, 0.25) is 0 Å². The molecule has 6 heteroatoms. The lowest BCUT2D eigenvalue weighted by molar-refractivity contribution is 0.0724. The molecule has 0 aliphatic carbocycles. The number of piperidine rings is 1. The molecular weight excluding hydrogens is 352 g/mol. The second-order valence-electron chi connectivity index (χ2n) is 6.99. The molecule has 1 saturated heterocycles. The van der Waals surface area contributed by atoms with E-state index in [9.17, 15) is 9.59 Å². The molecular formula is C22H28N4O2. The summed E-state index contributed by atoms with van der Waals surface area (Å²) in [6, 6.07) is 9.40. The molecule has 1 aliphatic heterocycles. The summed E-state index contributed by atoms with van der Waals surface area (Å²) in [6.45, 7) is 7.65. The van der Waals surface area contributed by atoms with Crippen molar-refractivity contribution in [2.24, 2.45) is 0 Å². The van der Waals surface area contributed by atoms with Gasteiger partial charge in [-0.3, -0.25) is 14.6 Å². The molecule has 0 radical (unpaired) electrons. The number of amides is 2. The zero-order valence-electron chi connectivity index (χ0n) is 16.6. The van der Waals surface area contributed by atoms with Crippen molar-refractivity contribution >= 4 is 23.2 Å². The number of carbonyl (C=O) groups excluding carboxylic acids is 2. The summed E-state index contributed by atoms with van der Waals surface area (Å²) in [6.07, 6.45) is 6.25. The number of aromatic nitrogens is 1. The summed E-state index contributed by atoms with van der Waals surface area (Å²) in [4.78, 5) is 33.4. The van der Waals surface area contributed by atoms with Crippen molar-refractivity contribution in [3.8, 4) is 0 Å². The number of carbonyl (C=O) groups is 2. The van der Waals surface area contributed by atoms with E-state index >= 15 is 0 Å². The highest BCUT2D eigenvalue weighted by Crippen LogP contribution is 2.19. The van der Waals surface area contributed by atoms with E-state index in [2.05, 4.69) is 29.0 Å². The number of nitrogens with one attached hydrogen (secondary N) is 1. The Morgan fingerprint density at radius 1 is 1.00 bits per heavy atom. The van der Waals surface area contributed by atoms with Gasteiger partial charge in [-0.15, -0.1) is 0 Å². The molecule has 0 bridgehead atoms. The summed E-state index contributed by atoms with van der Waals surface area (Å²) in [5.41, 5.74) is 2.69. The Kier molecular flexibility index (Phi) is 6.63. The topological polar surface area (TPSA) is 65.5 Å². The highest BCUT2D eigenvalue weighted by atomic mass is 16.2. The van der Waals surface area contributed by atoms with Gasteiger partial charge in [0.25, 0.3) is 11.8 Å². The number of hydrogen-bond acceptors (Lipinski definition) is 4. The van der Waals surface area contributed by atoms with Gasteiger partial charge in [0.2, 0.25) is 0 Å². The van der Waals surface area contributed by atoms with E-state index < -0.39 is 0 Å². The van der Waals surface area contributed by atoms with E-state index in [0.29, 0.717) is 16.8 Å². The molecule has 1 aliphatic rings. The number of pyridine rings is 1. The number of anilines is 2. The van der Waals surface area contributed by atoms with Crippen LogP contribution in [0, 0.1) is 0 Å². The first-order chi connectivity index (χ1) is 13.6. The highest BCUT2D eigenvalue weighted by molar-refractivity contribution is 6.05. The molecule has 2 heterocycles. The largest absolute Gasteiger partial charge is 0.372 e.